The van der Waals surface area contributed by atoms with Crippen molar-refractivity contribution in [3.8, 4) is 0 Å². The molecule has 0 saturated carbocycles. The molecule has 0 bridgehead atoms. The highest BCUT2D eigenvalue weighted by molar-refractivity contribution is 5.97. The van der Waals surface area contributed by atoms with E-state index in [4.69, 9.17) is 14.5 Å². The standard InChI is InChI=1S/C21H30N4O3/c1-15-6-12-28-18(15)21(26)22-17-14-16(2)19(25-9-5-11-27-13-10-25)23-20(17)24-7-3-4-8-24/h6,12,14-15,18H,3-5,7-11,13H2,1-2H3,(H,22,26). The van der Waals surface area contributed by atoms with Gasteiger partial charge in [0.1, 0.15) is 5.82 Å². The quantitative estimate of drug-likeness (QED) is 0.858. The average molecular weight is 386 g/mol. The maximum Gasteiger partial charge on any atom is 0.266 e. The van der Waals surface area contributed by atoms with E-state index in [0.717, 1.165) is 81.5 Å². The number of ether oxygens (including phenoxy) is 2. The second kappa shape index (κ2) is 8.39. The SMILES string of the molecule is Cc1cc(NC(=O)C2OC=CC2C)c(N2CCCC2)nc1N1CCCOCC1. The van der Waals surface area contributed by atoms with Gasteiger partial charge in [0.05, 0.1) is 18.6 Å². The van der Waals surface area contributed by atoms with Crippen molar-refractivity contribution in [2.75, 3.05) is 54.5 Å². The number of rotatable bonds is 4. The van der Waals surface area contributed by atoms with E-state index in [2.05, 4.69) is 28.1 Å². The van der Waals surface area contributed by atoms with Gasteiger partial charge in [-0.3, -0.25) is 4.79 Å². The molecule has 3 aliphatic rings. The Hall–Kier alpha value is -2.28. The number of aromatic nitrogens is 1. The summed E-state index contributed by atoms with van der Waals surface area (Å²) in [5.74, 6) is 1.82. The van der Waals surface area contributed by atoms with E-state index < -0.39 is 6.10 Å². The molecule has 1 aromatic heterocycles. The highest BCUT2D eigenvalue weighted by Crippen LogP contribution is 2.33. The Morgan fingerprint density at radius 2 is 1.86 bits per heavy atom. The molecule has 0 radical (unpaired) electrons. The lowest BCUT2D eigenvalue weighted by molar-refractivity contribution is -0.124. The maximum absolute atomic E-state index is 12.8. The first kappa shape index (κ1) is 19.1. The molecule has 2 atom stereocenters. The summed E-state index contributed by atoms with van der Waals surface area (Å²) >= 11 is 0. The van der Waals surface area contributed by atoms with Crippen LogP contribution in [-0.2, 0) is 14.3 Å². The third-order valence-corrected chi connectivity index (χ3v) is 5.69. The van der Waals surface area contributed by atoms with Crippen molar-refractivity contribution in [3.63, 3.8) is 0 Å². The van der Waals surface area contributed by atoms with E-state index in [9.17, 15) is 4.79 Å². The molecule has 2 saturated heterocycles. The van der Waals surface area contributed by atoms with E-state index >= 15 is 0 Å². The summed E-state index contributed by atoms with van der Waals surface area (Å²) in [4.78, 5) is 22.4. The summed E-state index contributed by atoms with van der Waals surface area (Å²) in [6, 6.07) is 2.06. The molecule has 2 fully saturated rings. The van der Waals surface area contributed by atoms with Crippen LogP contribution in [0.3, 0.4) is 0 Å². The number of carbonyl (C=O) groups is 1. The van der Waals surface area contributed by atoms with Crippen LogP contribution in [0.4, 0.5) is 17.3 Å². The molecule has 0 spiro atoms. The molecule has 3 aliphatic heterocycles. The molecule has 2 unspecified atom stereocenters. The van der Waals surface area contributed by atoms with Gasteiger partial charge in [-0.05, 0) is 43.9 Å². The number of nitrogens with one attached hydrogen (secondary N) is 1. The van der Waals surface area contributed by atoms with Gasteiger partial charge in [0.2, 0.25) is 0 Å². The summed E-state index contributed by atoms with van der Waals surface area (Å²) < 4.78 is 11.1. The molecular weight excluding hydrogens is 356 g/mol. The maximum atomic E-state index is 12.8. The van der Waals surface area contributed by atoms with E-state index in [1.165, 1.54) is 0 Å². The van der Waals surface area contributed by atoms with Gasteiger partial charge in [0.15, 0.2) is 11.9 Å². The predicted octanol–water partition coefficient (Wildman–Crippen LogP) is 2.70. The molecule has 152 valence electrons. The lowest BCUT2D eigenvalue weighted by Crippen LogP contribution is -2.33. The van der Waals surface area contributed by atoms with Gasteiger partial charge in [-0.1, -0.05) is 6.92 Å². The normalized spacial score (nSPS) is 24.9. The second-order valence-electron chi connectivity index (χ2n) is 7.88. The molecule has 1 amide bonds. The van der Waals surface area contributed by atoms with Crippen molar-refractivity contribution in [1.82, 2.24) is 4.98 Å². The second-order valence-corrected chi connectivity index (χ2v) is 7.88. The Bertz CT molecular complexity index is 737. The number of nitrogens with zero attached hydrogens (tertiary/aromatic N) is 3. The predicted molar refractivity (Wildman–Crippen MR) is 110 cm³/mol. The van der Waals surface area contributed by atoms with Crippen molar-refractivity contribution >= 4 is 23.2 Å². The largest absolute Gasteiger partial charge is 0.488 e. The molecular formula is C21H30N4O3. The number of carbonyl (C=O) groups excluding carboxylic acids is 1. The number of pyridine rings is 1. The third-order valence-electron chi connectivity index (χ3n) is 5.69. The van der Waals surface area contributed by atoms with E-state index in [1.807, 2.05) is 13.0 Å². The van der Waals surface area contributed by atoms with Gasteiger partial charge < -0.3 is 24.6 Å². The first-order valence-electron chi connectivity index (χ1n) is 10.4. The van der Waals surface area contributed by atoms with Crippen molar-refractivity contribution in [3.05, 3.63) is 24.0 Å². The van der Waals surface area contributed by atoms with Crippen LogP contribution in [0.1, 0.15) is 31.7 Å². The number of anilines is 3. The first-order valence-corrected chi connectivity index (χ1v) is 10.4. The molecule has 4 rings (SSSR count). The summed E-state index contributed by atoms with van der Waals surface area (Å²) in [6.07, 6.45) is 6.37. The Morgan fingerprint density at radius 3 is 2.61 bits per heavy atom. The van der Waals surface area contributed by atoms with E-state index in [-0.39, 0.29) is 11.8 Å². The Kier molecular flexibility index (Phi) is 5.71. The van der Waals surface area contributed by atoms with Gasteiger partial charge in [-0.25, -0.2) is 4.98 Å². The fraction of sp³-hybridized carbons (Fsp3) is 0.619. The first-order chi connectivity index (χ1) is 13.6. The highest BCUT2D eigenvalue weighted by atomic mass is 16.5. The summed E-state index contributed by atoms with van der Waals surface area (Å²) in [5, 5.41) is 3.09. The molecule has 1 N–H and O–H groups in total. The summed E-state index contributed by atoms with van der Waals surface area (Å²) in [6.45, 7) is 9.31. The van der Waals surface area contributed by atoms with Crippen LogP contribution in [0, 0.1) is 12.8 Å². The minimum atomic E-state index is -0.478. The zero-order valence-corrected chi connectivity index (χ0v) is 16.8. The van der Waals surface area contributed by atoms with Crippen LogP contribution in [-0.4, -0.2) is 56.4 Å². The zero-order chi connectivity index (χ0) is 19.5. The van der Waals surface area contributed by atoms with Gasteiger partial charge in [-0.15, -0.1) is 0 Å². The van der Waals surface area contributed by atoms with Gasteiger partial charge >= 0.3 is 0 Å². The number of aryl methyl sites for hydroxylation is 1. The Morgan fingerprint density at radius 1 is 1.11 bits per heavy atom. The fourth-order valence-electron chi connectivity index (χ4n) is 4.12. The van der Waals surface area contributed by atoms with Crippen molar-refractivity contribution in [1.29, 1.82) is 0 Å². The number of hydrogen-bond acceptors (Lipinski definition) is 6. The van der Waals surface area contributed by atoms with Crippen molar-refractivity contribution < 1.29 is 14.3 Å². The number of amides is 1. The van der Waals surface area contributed by atoms with Crippen LogP contribution in [0.25, 0.3) is 0 Å². The van der Waals surface area contributed by atoms with Crippen LogP contribution >= 0.6 is 0 Å². The lowest BCUT2D eigenvalue weighted by Gasteiger charge is -2.28. The number of hydrogen-bond donors (Lipinski definition) is 1. The highest BCUT2D eigenvalue weighted by Gasteiger charge is 2.30. The van der Waals surface area contributed by atoms with Crippen LogP contribution in [0.2, 0.25) is 0 Å². The minimum Gasteiger partial charge on any atom is -0.488 e. The molecule has 7 heteroatoms. The van der Waals surface area contributed by atoms with Crippen LogP contribution < -0.4 is 15.1 Å². The zero-order valence-electron chi connectivity index (χ0n) is 16.8. The smallest absolute Gasteiger partial charge is 0.266 e. The topological polar surface area (TPSA) is 66.9 Å². The van der Waals surface area contributed by atoms with Crippen LogP contribution in [0.15, 0.2) is 18.4 Å². The third kappa shape index (κ3) is 3.94. The van der Waals surface area contributed by atoms with E-state index in [0.29, 0.717) is 0 Å². The van der Waals surface area contributed by atoms with Crippen molar-refractivity contribution in [2.45, 2.75) is 39.2 Å². The van der Waals surface area contributed by atoms with Gasteiger partial charge in [0.25, 0.3) is 5.91 Å². The van der Waals surface area contributed by atoms with Gasteiger partial charge in [-0.2, -0.15) is 0 Å². The van der Waals surface area contributed by atoms with Crippen molar-refractivity contribution in [2.24, 2.45) is 5.92 Å². The molecule has 28 heavy (non-hydrogen) atoms. The summed E-state index contributed by atoms with van der Waals surface area (Å²) in [7, 11) is 0. The Balaban J connectivity index is 1.62. The monoisotopic (exact) mass is 386 g/mol. The average Bonchev–Trinajstić information content (AvgIpc) is 3.28. The minimum absolute atomic E-state index is 0.0701. The molecule has 7 nitrogen and oxygen atoms in total. The summed E-state index contributed by atoms with van der Waals surface area (Å²) in [5.41, 5.74) is 1.85. The Labute approximate surface area is 166 Å². The lowest BCUT2D eigenvalue weighted by atomic mass is 10.1. The van der Waals surface area contributed by atoms with Crippen LogP contribution in [0.5, 0.6) is 0 Å². The van der Waals surface area contributed by atoms with Gasteiger partial charge in [0, 0.05) is 38.7 Å². The molecule has 1 aromatic rings. The molecule has 4 heterocycles. The molecule has 0 aliphatic carbocycles. The molecule has 0 aromatic carbocycles. The van der Waals surface area contributed by atoms with E-state index in [1.54, 1.807) is 6.26 Å². The fourth-order valence-corrected chi connectivity index (χ4v) is 4.12.